The van der Waals surface area contributed by atoms with Gasteiger partial charge in [-0.2, -0.15) is 5.10 Å². The van der Waals surface area contributed by atoms with Crippen molar-refractivity contribution in [2.45, 2.75) is 33.2 Å². The van der Waals surface area contributed by atoms with E-state index >= 15 is 0 Å². The SMILES string of the molecule is Cc1nc2c3ccccc3nn2c(C)c1CCC(=O)N1CCN(C)c2ccccc2C1. The Hall–Kier alpha value is -3.41. The lowest BCUT2D eigenvalue weighted by Crippen LogP contribution is -2.34. The zero-order chi connectivity index (χ0) is 21.5. The van der Waals surface area contributed by atoms with Gasteiger partial charge in [-0.1, -0.05) is 30.3 Å². The van der Waals surface area contributed by atoms with Crippen LogP contribution in [0.5, 0.6) is 0 Å². The number of carbonyl (C=O) groups excluding carboxylic acids is 1. The Morgan fingerprint density at radius 1 is 1.03 bits per heavy atom. The van der Waals surface area contributed by atoms with E-state index < -0.39 is 0 Å². The number of anilines is 1. The average Bonchev–Trinajstić information content (AvgIpc) is 3.05. The highest BCUT2D eigenvalue weighted by molar-refractivity contribution is 5.92. The van der Waals surface area contributed by atoms with Gasteiger partial charge in [-0.3, -0.25) is 4.79 Å². The quantitative estimate of drug-likeness (QED) is 0.511. The normalized spacial score (nSPS) is 14.2. The van der Waals surface area contributed by atoms with E-state index in [4.69, 9.17) is 10.1 Å². The number of hydrogen-bond acceptors (Lipinski definition) is 4. The lowest BCUT2D eigenvalue weighted by Gasteiger charge is -2.21. The summed E-state index contributed by atoms with van der Waals surface area (Å²) in [6.07, 6.45) is 1.14. The molecule has 0 aliphatic carbocycles. The highest BCUT2D eigenvalue weighted by Crippen LogP contribution is 2.25. The second kappa shape index (κ2) is 7.69. The van der Waals surface area contributed by atoms with E-state index in [9.17, 15) is 4.79 Å². The molecule has 6 heteroatoms. The molecule has 0 atom stereocenters. The highest BCUT2D eigenvalue weighted by Gasteiger charge is 2.22. The van der Waals surface area contributed by atoms with Crippen LogP contribution in [-0.4, -0.2) is 45.5 Å². The maximum Gasteiger partial charge on any atom is 0.223 e. The molecule has 158 valence electrons. The van der Waals surface area contributed by atoms with Crippen molar-refractivity contribution >= 4 is 28.1 Å². The van der Waals surface area contributed by atoms with Crippen LogP contribution in [0.1, 0.15) is 28.9 Å². The van der Waals surface area contributed by atoms with Crippen molar-refractivity contribution in [1.82, 2.24) is 19.5 Å². The van der Waals surface area contributed by atoms with E-state index in [1.165, 1.54) is 11.3 Å². The van der Waals surface area contributed by atoms with Gasteiger partial charge in [0, 0.05) is 55.6 Å². The summed E-state index contributed by atoms with van der Waals surface area (Å²) in [6.45, 7) is 6.35. The molecule has 1 amide bonds. The molecule has 31 heavy (non-hydrogen) atoms. The lowest BCUT2D eigenvalue weighted by molar-refractivity contribution is -0.131. The molecule has 0 radical (unpaired) electrons. The molecule has 6 nitrogen and oxygen atoms in total. The molecule has 0 spiro atoms. The molecular weight excluding hydrogens is 386 g/mol. The van der Waals surface area contributed by atoms with E-state index in [1.807, 2.05) is 40.6 Å². The molecule has 0 bridgehead atoms. The summed E-state index contributed by atoms with van der Waals surface area (Å²) in [5, 5.41) is 5.79. The van der Waals surface area contributed by atoms with Crippen LogP contribution in [0.2, 0.25) is 0 Å². The third-order valence-electron chi connectivity index (χ3n) is 6.43. The molecule has 0 saturated heterocycles. The fourth-order valence-corrected chi connectivity index (χ4v) is 4.63. The van der Waals surface area contributed by atoms with Gasteiger partial charge in [-0.15, -0.1) is 0 Å². The monoisotopic (exact) mass is 413 g/mol. The minimum Gasteiger partial charge on any atom is -0.373 e. The molecular formula is C25H27N5O. The van der Waals surface area contributed by atoms with Crippen molar-refractivity contribution in [1.29, 1.82) is 0 Å². The molecule has 0 fully saturated rings. The number of carbonyl (C=O) groups is 1. The third kappa shape index (κ3) is 3.42. The number of nitrogens with zero attached hydrogens (tertiary/aromatic N) is 5. The smallest absolute Gasteiger partial charge is 0.223 e. The first-order valence-electron chi connectivity index (χ1n) is 10.8. The Kier molecular flexibility index (Phi) is 4.85. The number of aryl methyl sites for hydroxylation is 2. The molecule has 3 heterocycles. The van der Waals surface area contributed by atoms with E-state index in [1.54, 1.807) is 0 Å². The first-order chi connectivity index (χ1) is 15.0. The molecule has 1 aliphatic heterocycles. The largest absolute Gasteiger partial charge is 0.373 e. The molecule has 1 aliphatic rings. The van der Waals surface area contributed by atoms with Crippen LogP contribution in [0.3, 0.4) is 0 Å². The number of rotatable bonds is 3. The van der Waals surface area contributed by atoms with Gasteiger partial charge in [-0.25, -0.2) is 9.50 Å². The van der Waals surface area contributed by atoms with Crippen LogP contribution < -0.4 is 4.90 Å². The first kappa shape index (κ1) is 19.5. The van der Waals surface area contributed by atoms with Crippen LogP contribution in [0.25, 0.3) is 16.6 Å². The van der Waals surface area contributed by atoms with E-state index in [-0.39, 0.29) is 5.91 Å². The lowest BCUT2D eigenvalue weighted by atomic mass is 10.1. The predicted molar refractivity (Wildman–Crippen MR) is 123 cm³/mol. The van der Waals surface area contributed by atoms with Crippen molar-refractivity contribution in [3.8, 4) is 0 Å². The van der Waals surface area contributed by atoms with Gasteiger partial charge in [0.15, 0.2) is 5.65 Å². The van der Waals surface area contributed by atoms with Gasteiger partial charge in [0.1, 0.15) is 0 Å². The fraction of sp³-hybridized carbons (Fsp3) is 0.320. The molecule has 5 rings (SSSR count). The third-order valence-corrected chi connectivity index (χ3v) is 6.43. The zero-order valence-electron chi connectivity index (χ0n) is 18.3. The molecule has 2 aromatic carbocycles. The predicted octanol–water partition coefficient (Wildman–Crippen LogP) is 3.91. The summed E-state index contributed by atoms with van der Waals surface area (Å²) < 4.78 is 1.93. The summed E-state index contributed by atoms with van der Waals surface area (Å²) in [5.74, 6) is 0.189. The number of hydrogen-bond donors (Lipinski definition) is 0. The first-order valence-corrected chi connectivity index (χ1v) is 10.8. The van der Waals surface area contributed by atoms with Gasteiger partial charge in [0.05, 0.1) is 5.52 Å². The van der Waals surface area contributed by atoms with Crippen LogP contribution in [0, 0.1) is 13.8 Å². The Bertz CT molecular complexity index is 1290. The Balaban J connectivity index is 1.38. The van der Waals surface area contributed by atoms with Gasteiger partial charge in [-0.05, 0) is 49.6 Å². The molecule has 4 aromatic rings. The molecule has 0 saturated carbocycles. The van der Waals surface area contributed by atoms with Crippen molar-refractivity contribution < 1.29 is 4.79 Å². The summed E-state index contributed by atoms with van der Waals surface area (Å²) in [5.41, 5.74) is 7.39. The number of likely N-dealkylation sites (N-methyl/N-ethyl adjacent to an activating group) is 1. The number of para-hydroxylation sites is 1. The Morgan fingerprint density at radius 3 is 2.68 bits per heavy atom. The minimum atomic E-state index is 0.189. The zero-order valence-corrected chi connectivity index (χ0v) is 18.3. The second-order valence-electron chi connectivity index (χ2n) is 8.38. The number of fused-ring (bicyclic) bond motifs is 4. The molecule has 0 N–H and O–H groups in total. The average molecular weight is 414 g/mol. The van der Waals surface area contributed by atoms with Crippen LogP contribution >= 0.6 is 0 Å². The Labute approximate surface area is 182 Å². The number of amides is 1. The second-order valence-corrected chi connectivity index (χ2v) is 8.38. The van der Waals surface area contributed by atoms with E-state index in [0.717, 1.165) is 46.6 Å². The van der Waals surface area contributed by atoms with Crippen molar-refractivity contribution in [2.75, 3.05) is 25.0 Å². The van der Waals surface area contributed by atoms with Gasteiger partial charge < -0.3 is 9.80 Å². The van der Waals surface area contributed by atoms with Gasteiger partial charge >= 0.3 is 0 Å². The maximum absolute atomic E-state index is 13.1. The molecule has 0 unspecified atom stereocenters. The van der Waals surface area contributed by atoms with Crippen molar-refractivity contribution in [3.63, 3.8) is 0 Å². The minimum absolute atomic E-state index is 0.189. The number of benzene rings is 2. The van der Waals surface area contributed by atoms with Crippen molar-refractivity contribution in [2.24, 2.45) is 0 Å². The molecule has 2 aromatic heterocycles. The van der Waals surface area contributed by atoms with Gasteiger partial charge in [0.25, 0.3) is 0 Å². The van der Waals surface area contributed by atoms with Gasteiger partial charge in [0.2, 0.25) is 5.91 Å². The van der Waals surface area contributed by atoms with E-state index in [0.29, 0.717) is 19.4 Å². The topological polar surface area (TPSA) is 53.7 Å². The fourth-order valence-electron chi connectivity index (χ4n) is 4.63. The Morgan fingerprint density at radius 2 is 1.81 bits per heavy atom. The van der Waals surface area contributed by atoms with Crippen LogP contribution in [0.4, 0.5) is 5.69 Å². The standard InChI is InChI=1S/C25H27N5O/c1-17-20(18(2)30-25(26-17)21-9-5-6-10-22(21)27-30)12-13-24(31)29-15-14-28(3)23-11-7-4-8-19(23)16-29/h4-11H,12-16H2,1-3H3. The highest BCUT2D eigenvalue weighted by atomic mass is 16.2. The van der Waals surface area contributed by atoms with E-state index in [2.05, 4.69) is 43.1 Å². The van der Waals surface area contributed by atoms with Crippen LogP contribution in [0.15, 0.2) is 48.5 Å². The van der Waals surface area contributed by atoms with Crippen LogP contribution in [-0.2, 0) is 17.8 Å². The number of aromatic nitrogens is 3. The summed E-state index contributed by atoms with van der Waals surface area (Å²) in [6, 6.07) is 16.4. The summed E-state index contributed by atoms with van der Waals surface area (Å²) in [4.78, 5) is 22.2. The maximum atomic E-state index is 13.1. The van der Waals surface area contributed by atoms with Crippen molar-refractivity contribution in [3.05, 3.63) is 71.0 Å². The summed E-state index contributed by atoms with van der Waals surface area (Å²) >= 11 is 0. The summed E-state index contributed by atoms with van der Waals surface area (Å²) in [7, 11) is 2.09.